The van der Waals surface area contributed by atoms with Crippen molar-refractivity contribution in [3.8, 4) is 0 Å². The van der Waals surface area contributed by atoms with Gasteiger partial charge in [-0.1, -0.05) is 6.92 Å². The quantitative estimate of drug-likeness (QED) is 0.317. The molecule has 3 saturated heterocycles. The first kappa shape index (κ1) is 37.6. The molecule has 2 aliphatic carbocycles. The maximum atomic E-state index is 10.8. The van der Waals surface area contributed by atoms with Gasteiger partial charge in [0.1, 0.15) is 5.50 Å². The molecule has 12 atom stereocenters. The summed E-state index contributed by atoms with van der Waals surface area (Å²) in [5.41, 5.74) is 0.476. The molecule has 3 aliphatic heterocycles. The predicted molar refractivity (Wildman–Crippen MR) is 166 cm³/mol. The standard InChI is InChI=1S/C18H34N2O3S.C12H21NO3.2H2O/c1-5-23-11-14-12(2)19-18-20(8-9-24-18)17(14)13-6-7-15(21-3)16(10-13)22-4;1-8-7-10(13(14)15)4-5-11(8)12-6-3-9(2)16-12;;/h12-19H,5-11H2,1-4H3;8-12H,3-7H2,1-2H3;2*1H2. The normalized spacial score (nSPS) is 42.0. The Morgan fingerprint density at radius 3 is 2.33 bits per heavy atom. The number of nitrogens with zero attached hydrogens (tertiary/aromatic N) is 2. The van der Waals surface area contributed by atoms with E-state index in [1.165, 1.54) is 18.7 Å². The van der Waals surface area contributed by atoms with Crippen molar-refractivity contribution in [2.45, 2.75) is 127 Å². The van der Waals surface area contributed by atoms with Crippen LogP contribution in [-0.2, 0) is 18.9 Å². The van der Waals surface area contributed by atoms with Gasteiger partial charge in [0.2, 0.25) is 6.04 Å². The summed E-state index contributed by atoms with van der Waals surface area (Å²) in [6.07, 6.45) is 9.35. The van der Waals surface area contributed by atoms with Gasteiger partial charge in [-0.05, 0) is 77.0 Å². The maximum absolute atomic E-state index is 10.8. The summed E-state index contributed by atoms with van der Waals surface area (Å²) in [5, 5.41) is 14.6. The van der Waals surface area contributed by atoms with Crippen LogP contribution in [0.3, 0.4) is 0 Å². The second kappa shape index (κ2) is 17.8. The minimum atomic E-state index is -0.315. The van der Waals surface area contributed by atoms with E-state index in [1.807, 2.05) is 14.2 Å². The van der Waals surface area contributed by atoms with Crippen LogP contribution in [0.2, 0.25) is 0 Å². The molecule has 5 fully saturated rings. The van der Waals surface area contributed by atoms with Crippen molar-refractivity contribution >= 4 is 11.8 Å². The third-order valence-corrected chi connectivity index (χ3v) is 11.6. The molecule has 0 aromatic rings. The molecular formula is C30H59N3O8S. The Morgan fingerprint density at radius 1 is 1.00 bits per heavy atom. The Kier molecular flexibility index (Phi) is 15.9. The van der Waals surface area contributed by atoms with Crippen LogP contribution in [0.15, 0.2) is 0 Å². The molecule has 3 heterocycles. The van der Waals surface area contributed by atoms with Gasteiger partial charge in [-0.25, -0.2) is 0 Å². The van der Waals surface area contributed by atoms with E-state index in [-0.39, 0.29) is 34.1 Å². The lowest BCUT2D eigenvalue weighted by molar-refractivity contribution is -0.529. The highest BCUT2D eigenvalue weighted by Crippen LogP contribution is 2.42. The van der Waals surface area contributed by atoms with Crippen LogP contribution in [0.25, 0.3) is 0 Å². The van der Waals surface area contributed by atoms with Crippen molar-refractivity contribution in [2.75, 3.05) is 39.7 Å². The fraction of sp³-hybridized carbons (Fsp3) is 1.00. The minimum Gasteiger partial charge on any atom is -0.412 e. The number of thioether (sulfide) groups is 1. The lowest BCUT2D eigenvalue weighted by Gasteiger charge is -2.51. The van der Waals surface area contributed by atoms with Crippen molar-refractivity contribution in [3.63, 3.8) is 0 Å². The van der Waals surface area contributed by atoms with Crippen molar-refractivity contribution in [1.82, 2.24) is 10.2 Å². The summed E-state index contributed by atoms with van der Waals surface area (Å²) in [6.45, 7) is 11.5. The third-order valence-electron chi connectivity index (χ3n) is 10.4. The van der Waals surface area contributed by atoms with Gasteiger partial charge >= 0.3 is 0 Å². The lowest BCUT2D eigenvalue weighted by Crippen LogP contribution is -2.65. The Bertz CT molecular complexity index is 800. The molecular weight excluding hydrogens is 562 g/mol. The average molecular weight is 622 g/mol. The van der Waals surface area contributed by atoms with Gasteiger partial charge in [-0.15, -0.1) is 11.8 Å². The van der Waals surface area contributed by atoms with E-state index in [1.54, 1.807) is 0 Å². The van der Waals surface area contributed by atoms with E-state index in [2.05, 4.69) is 49.7 Å². The van der Waals surface area contributed by atoms with Crippen LogP contribution in [0.1, 0.15) is 79.1 Å². The number of ether oxygens (including phenoxy) is 4. The molecule has 0 amide bonds. The number of nitro groups is 1. The fourth-order valence-corrected chi connectivity index (χ4v) is 9.47. The van der Waals surface area contributed by atoms with Gasteiger partial charge in [0, 0.05) is 68.9 Å². The molecule has 2 saturated carbocycles. The monoisotopic (exact) mass is 621 g/mol. The molecule has 5 rings (SSSR count). The first-order chi connectivity index (χ1) is 19.3. The van der Waals surface area contributed by atoms with Crippen LogP contribution in [0.4, 0.5) is 0 Å². The average Bonchev–Trinajstić information content (AvgIpc) is 3.60. The Labute approximate surface area is 257 Å². The fourth-order valence-electron chi connectivity index (χ4n) is 8.18. The van der Waals surface area contributed by atoms with Crippen LogP contribution >= 0.6 is 11.8 Å². The zero-order valence-corrected chi connectivity index (χ0v) is 27.5. The Balaban J connectivity index is 0.000000301. The van der Waals surface area contributed by atoms with Crippen molar-refractivity contribution < 1.29 is 34.8 Å². The second-order valence-electron chi connectivity index (χ2n) is 12.8. The SMILES string of the molecule is CC1CCC(C2CCC([N+](=O)[O-])CC2C)O1.CCOCC1C(C)NC2SCCN2C1C1CCC(OC)C(OC)C1.O.O. The molecule has 0 aromatic heterocycles. The van der Waals surface area contributed by atoms with Crippen molar-refractivity contribution in [2.24, 2.45) is 23.7 Å². The highest BCUT2D eigenvalue weighted by Gasteiger charge is 2.48. The number of rotatable bonds is 8. The number of hydrogen-bond acceptors (Lipinski definition) is 9. The van der Waals surface area contributed by atoms with E-state index in [4.69, 9.17) is 18.9 Å². The summed E-state index contributed by atoms with van der Waals surface area (Å²) >= 11 is 2.05. The van der Waals surface area contributed by atoms with Gasteiger partial charge in [0.25, 0.3) is 0 Å². The first-order valence-electron chi connectivity index (χ1n) is 15.8. The number of nitrogens with one attached hydrogen (secondary N) is 1. The van der Waals surface area contributed by atoms with E-state index < -0.39 is 0 Å². The van der Waals surface area contributed by atoms with E-state index in [0.717, 1.165) is 58.2 Å². The molecule has 0 spiro atoms. The number of fused-ring (bicyclic) bond motifs is 1. The number of hydrogen-bond donors (Lipinski definition) is 1. The van der Waals surface area contributed by atoms with Crippen molar-refractivity contribution in [3.05, 3.63) is 10.1 Å². The van der Waals surface area contributed by atoms with Gasteiger partial charge in [0.05, 0.1) is 31.0 Å². The lowest BCUT2D eigenvalue weighted by atomic mass is 9.73. The number of methoxy groups -OCH3 is 2. The van der Waals surface area contributed by atoms with E-state index >= 15 is 0 Å². The Hall–Kier alpha value is -0.570. The summed E-state index contributed by atoms with van der Waals surface area (Å²) < 4.78 is 23.2. The smallest absolute Gasteiger partial charge is 0.213 e. The largest absolute Gasteiger partial charge is 0.412 e. The van der Waals surface area contributed by atoms with Crippen LogP contribution < -0.4 is 5.32 Å². The third kappa shape index (κ3) is 9.00. The van der Waals surface area contributed by atoms with Gasteiger partial charge in [0.15, 0.2) is 0 Å². The second-order valence-corrected chi connectivity index (χ2v) is 14.0. The van der Waals surface area contributed by atoms with E-state index in [0.29, 0.717) is 53.5 Å². The predicted octanol–water partition coefficient (Wildman–Crippen LogP) is 3.15. The molecule has 0 radical (unpaired) electrons. The first-order valence-corrected chi connectivity index (χ1v) is 16.9. The highest BCUT2D eigenvalue weighted by atomic mass is 32.2. The molecule has 12 unspecified atom stereocenters. The zero-order chi connectivity index (χ0) is 28.8. The molecule has 42 heavy (non-hydrogen) atoms. The van der Waals surface area contributed by atoms with Gasteiger partial charge < -0.3 is 29.9 Å². The van der Waals surface area contributed by atoms with Crippen LogP contribution in [0.5, 0.6) is 0 Å². The summed E-state index contributed by atoms with van der Waals surface area (Å²) in [6, 6.07) is 0.767. The van der Waals surface area contributed by atoms with Crippen LogP contribution in [-0.4, -0.2) is 109 Å². The summed E-state index contributed by atoms with van der Waals surface area (Å²) in [5.74, 6) is 3.41. The zero-order valence-electron chi connectivity index (χ0n) is 26.7. The molecule has 0 bridgehead atoms. The molecule has 0 aromatic carbocycles. The molecule has 5 aliphatic rings. The summed E-state index contributed by atoms with van der Waals surface area (Å²) in [4.78, 5) is 13.4. The topological polar surface area (TPSA) is 158 Å². The minimum absolute atomic E-state index is 0. The van der Waals surface area contributed by atoms with Gasteiger partial charge in [-0.3, -0.25) is 20.3 Å². The molecule has 11 nitrogen and oxygen atoms in total. The van der Waals surface area contributed by atoms with Gasteiger partial charge in [-0.2, -0.15) is 0 Å². The summed E-state index contributed by atoms with van der Waals surface area (Å²) in [7, 11) is 3.64. The molecule has 5 N–H and O–H groups in total. The molecule has 12 heteroatoms. The van der Waals surface area contributed by atoms with E-state index in [9.17, 15) is 10.1 Å². The highest BCUT2D eigenvalue weighted by molar-refractivity contribution is 8.00. The maximum Gasteiger partial charge on any atom is 0.213 e. The Morgan fingerprint density at radius 2 is 1.74 bits per heavy atom. The molecule has 248 valence electrons. The van der Waals surface area contributed by atoms with Crippen molar-refractivity contribution in [1.29, 1.82) is 0 Å². The van der Waals surface area contributed by atoms with Crippen LogP contribution in [0, 0.1) is 33.8 Å².